The summed E-state index contributed by atoms with van der Waals surface area (Å²) in [6.45, 7) is 3.93. The summed E-state index contributed by atoms with van der Waals surface area (Å²) in [5.74, 6) is 0. The van der Waals surface area contributed by atoms with Crippen molar-refractivity contribution in [1.29, 1.82) is 0 Å². The molecule has 0 saturated carbocycles. The van der Waals surface area contributed by atoms with E-state index >= 15 is 0 Å². The molecule has 2 heteroatoms. The molecule has 0 aliphatic rings. The predicted molar refractivity (Wildman–Crippen MR) is 84.1 cm³/mol. The van der Waals surface area contributed by atoms with Crippen molar-refractivity contribution in [2.45, 2.75) is 0 Å². The first-order chi connectivity index (χ1) is 8.27. The van der Waals surface area contributed by atoms with Gasteiger partial charge in [0.05, 0.1) is 0 Å². The summed E-state index contributed by atoms with van der Waals surface area (Å²) in [5.41, 5.74) is 0. The van der Waals surface area contributed by atoms with E-state index in [9.17, 15) is 0 Å². The van der Waals surface area contributed by atoms with Gasteiger partial charge in [-0.2, -0.15) is 0 Å². The van der Waals surface area contributed by atoms with Crippen molar-refractivity contribution in [3.63, 3.8) is 0 Å². The molecule has 86 valence electrons. The molecular weight excluding hydrogens is 222 g/mol. The van der Waals surface area contributed by atoms with Gasteiger partial charge < -0.3 is 0 Å². The molecule has 0 spiro atoms. The van der Waals surface area contributed by atoms with Gasteiger partial charge in [-0.3, -0.25) is 0 Å². The van der Waals surface area contributed by atoms with E-state index in [2.05, 4.69) is 80.9 Å². The predicted octanol–water partition coefficient (Wildman–Crippen LogP) is 2.12. The topological polar surface area (TPSA) is 0 Å². The Morgan fingerprint density at radius 1 is 0.882 bits per heavy atom. The number of benzene rings is 2. The SMILES string of the molecule is B[PH](CC=C)(c1ccccc1)c1ccccc1. The third kappa shape index (κ3) is 2.51. The molecule has 2 aromatic rings. The van der Waals surface area contributed by atoms with Crippen LogP contribution in [0.3, 0.4) is 0 Å². The molecule has 17 heavy (non-hydrogen) atoms. The van der Waals surface area contributed by atoms with Crippen LogP contribution in [-0.2, 0) is 0 Å². The Balaban J connectivity index is 2.50. The van der Waals surface area contributed by atoms with Crippen molar-refractivity contribution in [2.24, 2.45) is 0 Å². The van der Waals surface area contributed by atoms with Gasteiger partial charge >= 0.3 is 105 Å². The molecule has 0 unspecified atom stereocenters. The van der Waals surface area contributed by atoms with Crippen molar-refractivity contribution in [3.8, 4) is 0 Å². The van der Waals surface area contributed by atoms with Crippen LogP contribution < -0.4 is 10.6 Å². The van der Waals surface area contributed by atoms with Crippen molar-refractivity contribution >= 4 is 25.3 Å². The van der Waals surface area contributed by atoms with Crippen LogP contribution in [-0.4, -0.2) is 13.7 Å². The number of hydrogen-bond donors (Lipinski definition) is 0. The van der Waals surface area contributed by atoms with Crippen LogP contribution in [0.2, 0.25) is 0 Å². The molecule has 2 rings (SSSR count). The summed E-state index contributed by atoms with van der Waals surface area (Å²) in [6, 6.07) is 21.7. The summed E-state index contributed by atoms with van der Waals surface area (Å²) in [6.07, 6.45) is 3.15. The van der Waals surface area contributed by atoms with Crippen molar-refractivity contribution < 1.29 is 0 Å². The van der Waals surface area contributed by atoms with Crippen LogP contribution in [0.4, 0.5) is 0 Å². The van der Waals surface area contributed by atoms with Crippen LogP contribution in [0.5, 0.6) is 0 Å². The fourth-order valence-corrected chi connectivity index (χ4v) is 5.54. The Bertz CT molecular complexity index is 439. The number of hydrogen-bond acceptors (Lipinski definition) is 0. The standard InChI is InChI=1S/C15H18BP/c1-2-13-17(16,14-9-5-3-6-10-14)15-11-7-4-8-12-15/h2-12,17H,1,13,16H2. The van der Waals surface area contributed by atoms with E-state index in [1.165, 1.54) is 10.6 Å². The summed E-state index contributed by atoms with van der Waals surface area (Å²) in [5, 5.41) is 2.96. The Kier molecular flexibility index (Phi) is 3.81. The molecule has 0 aliphatic carbocycles. The van der Waals surface area contributed by atoms with Gasteiger partial charge in [0, 0.05) is 0 Å². The zero-order valence-electron chi connectivity index (χ0n) is 10.3. The minimum absolute atomic E-state index is 1.08. The van der Waals surface area contributed by atoms with Gasteiger partial charge in [0.1, 0.15) is 0 Å². The monoisotopic (exact) mass is 240 g/mol. The van der Waals surface area contributed by atoms with Crippen molar-refractivity contribution in [3.05, 3.63) is 73.3 Å². The quantitative estimate of drug-likeness (QED) is 0.436. The van der Waals surface area contributed by atoms with E-state index in [4.69, 9.17) is 0 Å². The zero-order valence-corrected chi connectivity index (χ0v) is 11.3. The molecule has 0 atom stereocenters. The van der Waals surface area contributed by atoms with Gasteiger partial charge in [0.25, 0.3) is 0 Å². The normalized spacial score (nSPS) is 12.0. The van der Waals surface area contributed by atoms with Gasteiger partial charge in [0.2, 0.25) is 0 Å². The maximum absolute atomic E-state index is 3.93. The Morgan fingerprint density at radius 2 is 1.29 bits per heavy atom. The molecule has 2 aromatic carbocycles. The molecule has 0 aliphatic heterocycles. The summed E-state index contributed by atoms with van der Waals surface area (Å²) in [4.78, 5) is 0. The summed E-state index contributed by atoms with van der Waals surface area (Å²) in [7, 11) is 0.796. The molecule has 0 N–H and O–H groups in total. The van der Waals surface area contributed by atoms with Crippen LogP contribution in [0.1, 0.15) is 0 Å². The molecule has 0 bridgehead atoms. The fourth-order valence-electron chi connectivity index (χ4n) is 2.30. The van der Waals surface area contributed by atoms with Crippen molar-refractivity contribution in [1.82, 2.24) is 0 Å². The molecule has 0 fully saturated rings. The Morgan fingerprint density at radius 3 is 1.65 bits per heavy atom. The van der Waals surface area contributed by atoms with Gasteiger partial charge in [-0.15, -0.1) is 0 Å². The van der Waals surface area contributed by atoms with Gasteiger partial charge in [-0.25, -0.2) is 0 Å². The summed E-state index contributed by atoms with van der Waals surface area (Å²) >= 11 is 0. The summed E-state index contributed by atoms with van der Waals surface area (Å²) < 4.78 is 0. The zero-order chi connectivity index (χ0) is 12.1. The molecular formula is C15H18BP. The first-order valence-corrected chi connectivity index (χ1v) is 8.70. The third-order valence-corrected chi connectivity index (χ3v) is 7.69. The number of rotatable bonds is 4. The molecule has 0 heterocycles. The Labute approximate surface area is 105 Å². The molecule has 0 nitrogen and oxygen atoms in total. The average Bonchev–Trinajstić information content (AvgIpc) is 2.41. The second kappa shape index (κ2) is 5.34. The van der Waals surface area contributed by atoms with Crippen LogP contribution >= 0.6 is 7.14 Å². The second-order valence-electron chi connectivity index (χ2n) is 4.56. The van der Waals surface area contributed by atoms with E-state index in [1.807, 2.05) is 0 Å². The molecule has 0 saturated heterocycles. The van der Waals surface area contributed by atoms with E-state index in [-0.39, 0.29) is 0 Å². The molecule has 0 aromatic heterocycles. The minimum atomic E-state index is -1.62. The van der Waals surface area contributed by atoms with Crippen LogP contribution in [0.15, 0.2) is 73.3 Å². The third-order valence-electron chi connectivity index (χ3n) is 3.37. The van der Waals surface area contributed by atoms with E-state index in [1.54, 1.807) is 0 Å². The first-order valence-electron chi connectivity index (χ1n) is 5.99. The Hall–Kier alpha value is -1.33. The van der Waals surface area contributed by atoms with Gasteiger partial charge in [-0.1, -0.05) is 0 Å². The van der Waals surface area contributed by atoms with Gasteiger partial charge in [0.15, 0.2) is 0 Å². The van der Waals surface area contributed by atoms with Crippen LogP contribution in [0.25, 0.3) is 0 Å². The average molecular weight is 240 g/mol. The maximum atomic E-state index is 3.93. The fraction of sp³-hybridized carbons (Fsp3) is 0.0667. The van der Waals surface area contributed by atoms with Gasteiger partial charge in [-0.05, 0) is 0 Å². The first kappa shape index (κ1) is 12.1. The van der Waals surface area contributed by atoms with E-state index in [0.29, 0.717) is 0 Å². The van der Waals surface area contributed by atoms with Crippen LogP contribution in [0, 0.1) is 0 Å². The van der Waals surface area contributed by atoms with Crippen molar-refractivity contribution in [2.75, 3.05) is 6.16 Å². The second-order valence-corrected chi connectivity index (χ2v) is 8.78. The molecule has 0 amide bonds. The van der Waals surface area contributed by atoms with E-state index < -0.39 is 7.14 Å². The molecule has 0 radical (unpaired) electrons. The number of allylic oxidation sites excluding steroid dienone is 1. The van der Waals surface area contributed by atoms with E-state index in [0.717, 1.165) is 6.16 Å².